The largest absolute Gasteiger partial charge is 0.347 e. The molecule has 1 aromatic heterocycles. The van der Waals surface area contributed by atoms with E-state index in [2.05, 4.69) is 38.6 Å². The molecule has 0 saturated heterocycles. The van der Waals surface area contributed by atoms with Crippen molar-refractivity contribution >= 4 is 17.4 Å². The van der Waals surface area contributed by atoms with Crippen LogP contribution in [0.3, 0.4) is 0 Å². The summed E-state index contributed by atoms with van der Waals surface area (Å²) in [5.41, 5.74) is 5.06. The van der Waals surface area contributed by atoms with Gasteiger partial charge in [-0.25, -0.2) is 0 Å². The van der Waals surface area contributed by atoms with Gasteiger partial charge in [-0.15, -0.1) is 10.2 Å². The normalized spacial score (nSPS) is 12.7. The number of aromatic nitrogens is 2. The molecular weight excluding hydrogens is 324 g/mol. The van der Waals surface area contributed by atoms with E-state index >= 15 is 0 Å². The first-order chi connectivity index (χ1) is 12.7. The molecule has 0 fully saturated rings. The molecule has 0 saturated carbocycles. The number of carbonyl (C=O) groups is 1. The van der Waals surface area contributed by atoms with Crippen LogP contribution in [0.25, 0.3) is 0 Å². The van der Waals surface area contributed by atoms with Crippen LogP contribution in [0.4, 0.5) is 11.5 Å². The fourth-order valence-corrected chi connectivity index (χ4v) is 3.15. The van der Waals surface area contributed by atoms with Crippen molar-refractivity contribution in [3.8, 4) is 0 Å². The first-order valence-corrected chi connectivity index (χ1v) is 8.73. The van der Waals surface area contributed by atoms with Crippen molar-refractivity contribution < 1.29 is 4.79 Å². The van der Waals surface area contributed by atoms with Crippen LogP contribution < -0.4 is 10.2 Å². The SMILES string of the molecule is Cc1ccc(CNC(=O)c2ccc(N3CCc4ccccc43)nn2)cc1. The second-order valence-corrected chi connectivity index (χ2v) is 6.48. The topological polar surface area (TPSA) is 58.1 Å². The molecule has 0 atom stereocenters. The summed E-state index contributed by atoms with van der Waals surface area (Å²) >= 11 is 0. The van der Waals surface area contributed by atoms with Gasteiger partial charge in [0.1, 0.15) is 0 Å². The smallest absolute Gasteiger partial charge is 0.272 e. The van der Waals surface area contributed by atoms with E-state index < -0.39 is 0 Å². The minimum absolute atomic E-state index is 0.216. The highest BCUT2D eigenvalue weighted by atomic mass is 16.1. The highest BCUT2D eigenvalue weighted by Gasteiger charge is 2.21. The zero-order chi connectivity index (χ0) is 17.9. The van der Waals surface area contributed by atoms with Gasteiger partial charge in [0.15, 0.2) is 11.5 Å². The van der Waals surface area contributed by atoms with Crippen LogP contribution in [0.1, 0.15) is 27.2 Å². The molecule has 26 heavy (non-hydrogen) atoms. The molecule has 0 spiro atoms. The van der Waals surface area contributed by atoms with Crippen molar-refractivity contribution in [2.24, 2.45) is 0 Å². The van der Waals surface area contributed by atoms with Gasteiger partial charge >= 0.3 is 0 Å². The maximum absolute atomic E-state index is 12.3. The fraction of sp³-hybridized carbons (Fsp3) is 0.190. The summed E-state index contributed by atoms with van der Waals surface area (Å²) in [7, 11) is 0. The average Bonchev–Trinajstić information content (AvgIpc) is 3.11. The predicted octanol–water partition coefficient (Wildman–Crippen LogP) is 3.41. The number of carbonyl (C=O) groups excluding carboxylic acids is 1. The lowest BCUT2D eigenvalue weighted by Gasteiger charge is -2.17. The molecule has 0 aliphatic carbocycles. The van der Waals surface area contributed by atoms with Crippen LogP contribution in [0, 0.1) is 6.92 Å². The van der Waals surface area contributed by atoms with E-state index in [9.17, 15) is 4.79 Å². The highest BCUT2D eigenvalue weighted by molar-refractivity contribution is 5.92. The third kappa shape index (κ3) is 3.28. The van der Waals surface area contributed by atoms with Gasteiger partial charge in [0.2, 0.25) is 0 Å². The molecule has 1 aliphatic rings. The van der Waals surface area contributed by atoms with E-state index in [1.807, 2.05) is 43.3 Å². The Balaban J connectivity index is 1.43. The zero-order valence-corrected chi connectivity index (χ0v) is 14.6. The summed E-state index contributed by atoms with van der Waals surface area (Å²) < 4.78 is 0. The van der Waals surface area contributed by atoms with Gasteiger partial charge in [-0.3, -0.25) is 4.79 Å². The number of anilines is 2. The average molecular weight is 344 g/mol. The van der Waals surface area contributed by atoms with Crippen LogP contribution in [-0.2, 0) is 13.0 Å². The van der Waals surface area contributed by atoms with Crippen molar-refractivity contribution in [2.75, 3.05) is 11.4 Å². The van der Waals surface area contributed by atoms with Crippen LogP contribution in [-0.4, -0.2) is 22.6 Å². The second-order valence-electron chi connectivity index (χ2n) is 6.48. The lowest BCUT2D eigenvalue weighted by molar-refractivity contribution is 0.0945. The number of nitrogens with zero attached hydrogens (tertiary/aromatic N) is 3. The van der Waals surface area contributed by atoms with Gasteiger partial charge < -0.3 is 10.2 Å². The number of amides is 1. The Kier molecular flexibility index (Phi) is 4.35. The second kappa shape index (κ2) is 6.96. The highest BCUT2D eigenvalue weighted by Crippen LogP contribution is 2.32. The number of hydrogen-bond donors (Lipinski definition) is 1. The number of fused-ring (bicyclic) bond motifs is 1. The standard InChI is InChI=1S/C21H20N4O/c1-15-6-8-16(9-7-15)14-22-21(26)18-10-11-20(24-23-18)25-13-12-17-4-2-3-5-19(17)25/h2-11H,12-14H2,1H3,(H,22,26). The Labute approximate surface area is 152 Å². The van der Waals surface area contributed by atoms with E-state index in [-0.39, 0.29) is 5.91 Å². The summed E-state index contributed by atoms with van der Waals surface area (Å²) in [6, 6.07) is 20.0. The molecule has 5 heteroatoms. The molecule has 1 N–H and O–H groups in total. The van der Waals surface area contributed by atoms with Crippen LogP contribution in [0.15, 0.2) is 60.7 Å². The summed E-state index contributed by atoms with van der Waals surface area (Å²) in [6.07, 6.45) is 0.997. The van der Waals surface area contributed by atoms with Gasteiger partial charge in [-0.05, 0) is 42.7 Å². The monoisotopic (exact) mass is 344 g/mol. The van der Waals surface area contributed by atoms with Crippen molar-refractivity contribution in [3.05, 3.63) is 83.0 Å². The molecule has 2 aromatic carbocycles. The van der Waals surface area contributed by atoms with Crippen molar-refractivity contribution in [1.29, 1.82) is 0 Å². The van der Waals surface area contributed by atoms with E-state index in [4.69, 9.17) is 0 Å². The summed E-state index contributed by atoms with van der Waals surface area (Å²) in [4.78, 5) is 14.4. The lowest BCUT2D eigenvalue weighted by Crippen LogP contribution is -2.24. The van der Waals surface area contributed by atoms with Gasteiger partial charge in [0.05, 0.1) is 0 Å². The van der Waals surface area contributed by atoms with Crippen LogP contribution in [0.5, 0.6) is 0 Å². The number of nitrogens with one attached hydrogen (secondary N) is 1. The molecular formula is C21H20N4O. The maximum Gasteiger partial charge on any atom is 0.272 e. The Morgan fingerprint density at radius 2 is 1.85 bits per heavy atom. The van der Waals surface area contributed by atoms with E-state index in [1.54, 1.807) is 6.07 Å². The molecule has 3 aromatic rings. The Bertz CT molecular complexity index is 920. The molecule has 0 radical (unpaired) electrons. The molecule has 130 valence electrons. The predicted molar refractivity (Wildman–Crippen MR) is 102 cm³/mol. The number of para-hydroxylation sites is 1. The first-order valence-electron chi connectivity index (χ1n) is 8.73. The number of benzene rings is 2. The molecule has 0 bridgehead atoms. The van der Waals surface area contributed by atoms with Gasteiger partial charge in [0, 0.05) is 18.8 Å². The molecule has 1 amide bonds. The first kappa shape index (κ1) is 16.3. The van der Waals surface area contributed by atoms with Crippen molar-refractivity contribution in [3.63, 3.8) is 0 Å². The van der Waals surface area contributed by atoms with Crippen molar-refractivity contribution in [1.82, 2.24) is 15.5 Å². The van der Waals surface area contributed by atoms with Crippen molar-refractivity contribution in [2.45, 2.75) is 19.9 Å². The minimum Gasteiger partial charge on any atom is -0.347 e. The van der Waals surface area contributed by atoms with Gasteiger partial charge in [-0.1, -0.05) is 48.0 Å². The minimum atomic E-state index is -0.216. The summed E-state index contributed by atoms with van der Waals surface area (Å²) in [6.45, 7) is 3.40. The van der Waals surface area contributed by atoms with E-state index in [0.29, 0.717) is 12.2 Å². The molecule has 5 nitrogen and oxygen atoms in total. The van der Waals surface area contributed by atoms with Gasteiger partial charge in [-0.2, -0.15) is 0 Å². The molecule has 0 unspecified atom stereocenters. The Morgan fingerprint density at radius 3 is 2.62 bits per heavy atom. The van der Waals surface area contributed by atoms with E-state index in [0.717, 1.165) is 24.3 Å². The fourth-order valence-electron chi connectivity index (χ4n) is 3.15. The molecule has 2 heterocycles. The van der Waals surface area contributed by atoms with Gasteiger partial charge in [0.25, 0.3) is 5.91 Å². The third-order valence-corrected chi connectivity index (χ3v) is 4.62. The number of hydrogen-bond acceptors (Lipinski definition) is 4. The van der Waals surface area contributed by atoms with Crippen LogP contribution >= 0.6 is 0 Å². The third-order valence-electron chi connectivity index (χ3n) is 4.62. The quantitative estimate of drug-likeness (QED) is 0.788. The number of rotatable bonds is 4. The summed E-state index contributed by atoms with van der Waals surface area (Å²) in [5.74, 6) is 0.552. The Morgan fingerprint density at radius 1 is 1.04 bits per heavy atom. The molecule has 4 rings (SSSR count). The maximum atomic E-state index is 12.3. The summed E-state index contributed by atoms with van der Waals surface area (Å²) in [5, 5.41) is 11.3. The number of aryl methyl sites for hydroxylation is 1. The van der Waals surface area contributed by atoms with Crippen LogP contribution in [0.2, 0.25) is 0 Å². The zero-order valence-electron chi connectivity index (χ0n) is 14.6. The Hall–Kier alpha value is -3.21. The lowest BCUT2D eigenvalue weighted by atomic mass is 10.1. The van der Waals surface area contributed by atoms with E-state index in [1.165, 1.54) is 16.8 Å². The molecule has 1 aliphatic heterocycles.